The quantitative estimate of drug-likeness (QED) is 0.661. The maximum absolute atomic E-state index is 12.5. The first-order valence-electron chi connectivity index (χ1n) is 7.09. The van der Waals surface area contributed by atoms with E-state index in [-0.39, 0.29) is 27.4 Å². The van der Waals surface area contributed by atoms with Gasteiger partial charge in [-0.15, -0.1) is 0 Å². The number of nitrogens with one attached hydrogen (secondary N) is 1. The molecule has 11 heteroatoms. The van der Waals surface area contributed by atoms with Gasteiger partial charge in [0.1, 0.15) is 5.82 Å². The number of thioether (sulfide) groups is 1. The fourth-order valence-corrected chi connectivity index (χ4v) is 3.64. The zero-order valence-electron chi connectivity index (χ0n) is 12.9. The van der Waals surface area contributed by atoms with E-state index in [1.54, 1.807) is 18.2 Å². The van der Waals surface area contributed by atoms with Crippen LogP contribution in [0.1, 0.15) is 0 Å². The molecule has 0 bridgehead atoms. The zero-order chi connectivity index (χ0) is 18.8. The molecule has 0 saturated heterocycles. The fourth-order valence-electron chi connectivity index (χ4n) is 2.06. The third-order valence-corrected chi connectivity index (χ3v) is 5.23. The molecule has 26 heavy (non-hydrogen) atoms. The van der Waals surface area contributed by atoms with Gasteiger partial charge in [-0.1, -0.05) is 6.07 Å². The van der Waals surface area contributed by atoms with Crippen molar-refractivity contribution >= 4 is 27.6 Å². The summed E-state index contributed by atoms with van der Waals surface area (Å²) < 4.78 is 65.7. The van der Waals surface area contributed by atoms with Gasteiger partial charge in [0.15, 0.2) is 5.82 Å². The average molecular weight is 400 g/mol. The smallest absolute Gasteiger partial charge is 0.263 e. The molecule has 1 aromatic carbocycles. The third-order valence-electron chi connectivity index (χ3n) is 3.12. The summed E-state index contributed by atoms with van der Waals surface area (Å²) in [6, 6.07) is 10.9. The maximum atomic E-state index is 12.5. The summed E-state index contributed by atoms with van der Waals surface area (Å²) in [5.74, 6) is 0.560. The molecule has 2 aromatic heterocycles. The Morgan fingerprint density at radius 2 is 1.73 bits per heavy atom. The molecular formula is C15H11F3N4O2S2. The Morgan fingerprint density at radius 1 is 1.00 bits per heavy atom. The van der Waals surface area contributed by atoms with E-state index in [4.69, 9.17) is 0 Å². The minimum Gasteiger partial charge on any atom is -0.263 e. The van der Waals surface area contributed by atoms with Crippen LogP contribution in [0.25, 0.3) is 5.82 Å². The lowest BCUT2D eigenvalue weighted by Crippen LogP contribution is -2.16. The van der Waals surface area contributed by atoms with Crippen LogP contribution >= 0.6 is 11.8 Å². The van der Waals surface area contributed by atoms with E-state index in [2.05, 4.69) is 14.8 Å². The molecule has 0 aliphatic rings. The normalized spacial score (nSPS) is 12.1. The van der Waals surface area contributed by atoms with Crippen molar-refractivity contribution in [1.29, 1.82) is 0 Å². The van der Waals surface area contributed by atoms with Gasteiger partial charge in [-0.05, 0) is 48.2 Å². The number of halogens is 3. The van der Waals surface area contributed by atoms with Crippen molar-refractivity contribution in [2.75, 3.05) is 4.72 Å². The number of aromatic nitrogens is 3. The Bertz CT molecular complexity index is 988. The summed E-state index contributed by atoms with van der Waals surface area (Å²) in [6.07, 6.45) is 2.93. The second kappa shape index (κ2) is 7.00. The average Bonchev–Trinajstić information content (AvgIpc) is 3.02. The number of anilines is 1. The van der Waals surface area contributed by atoms with Gasteiger partial charge in [0.25, 0.3) is 10.0 Å². The van der Waals surface area contributed by atoms with Gasteiger partial charge < -0.3 is 0 Å². The predicted octanol–water partition coefficient (Wildman–Crippen LogP) is 3.68. The first kappa shape index (κ1) is 18.3. The highest BCUT2D eigenvalue weighted by atomic mass is 32.2. The highest BCUT2D eigenvalue weighted by Crippen LogP contribution is 2.37. The van der Waals surface area contributed by atoms with Gasteiger partial charge in [-0.3, -0.25) is 4.72 Å². The summed E-state index contributed by atoms with van der Waals surface area (Å²) in [6.45, 7) is 0. The summed E-state index contributed by atoms with van der Waals surface area (Å²) >= 11 is -0.312. The van der Waals surface area contributed by atoms with E-state index in [9.17, 15) is 21.6 Å². The van der Waals surface area contributed by atoms with Gasteiger partial charge >= 0.3 is 5.51 Å². The van der Waals surface area contributed by atoms with Gasteiger partial charge in [0, 0.05) is 17.2 Å². The van der Waals surface area contributed by atoms with E-state index in [0.29, 0.717) is 5.82 Å². The van der Waals surface area contributed by atoms with Crippen LogP contribution < -0.4 is 4.72 Å². The Kier molecular flexibility index (Phi) is 4.92. The van der Waals surface area contributed by atoms with Crippen LogP contribution in [0.3, 0.4) is 0 Å². The summed E-state index contributed by atoms with van der Waals surface area (Å²) in [5.41, 5.74) is -4.44. The Hall–Kier alpha value is -2.53. The minimum absolute atomic E-state index is 0.102. The lowest BCUT2D eigenvalue weighted by molar-refractivity contribution is -0.0328. The number of benzene rings is 1. The van der Waals surface area contributed by atoms with Crippen molar-refractivity contribution in [3.63, 3.8) is 0 Å². The van der Waals surface area contributed by atoms with Crippen molar-refractivity contribution in [3.05, 3.63) is 60.9 Å². The molecule has 3 aromatic rings. The van der Waals surface area contributed by atoms with Crippen LogP contribution in [0.4, 0.5) is 19.0 Å². The molecule has 136 valence electrons. The summed E-state index contributed by atoms with van der Waals surface area (Å²) in [5, 5.41) is 4.02. The highest BCUT2D eigenvalue weighted by molar-refractivity contribution is 8.00. The molecule has 0 aliphatic heterocycles. The Labute approximate surface area is 151 Å². The zero-order valence-corrected chi connectivity index (χ0v) is 14.5. The monoisotopic (exact) mass is 400 g/mol. The number of pyridine rings is 1. The SMILES string of the molecule is O=S(=O)(Nc1ccnn1-c1ccccn1)c1ccc(SC(F)(F)F)cc1. The van der Waals surface area contributed by atoms with Crippen molar-refractivity contribution in [3.8, 4) is 5.82 Å². The number of nitrogens with zero attached hydrogens (tertiary/aromatic N) is 3. The second-order valence-electron chi connectivity index (χ2n) is 4.94. The molecule has 0 radical (unpaired) electrons. The van der Waals surface area contributed by atoms with E-state index >= 15 is 0 Å². The molecule has 6 nitrogen and oxygen atoms in total. The van der Waals surface area contributed by atoms with E-state index in [1.165, 1.54) is 23.1 Å². The van der Waals surface area contributed by atoms with Crippen LogP contribution in [0.5, 0.6) is 0 Å². The second-order valence-corrected chi connectivity index (χ2v) is 7.76. The van der Waals surface area contributed by atoms with Crippen LogP contribution in [0.15, 0.2) is 70.7 Å². The van der Waals surface area contributed by atoms with Crippen molar-refractivity contribution < 1.29 is 21.6 Å². The molecule has 1 N–H and O–H groups in total. The Balaban J connectivity index is 1.83. The lowest BCUT2D eigenvalue weighted by Gasteiger charge is -2.11. The van der Waals surface area contributed by atoms with Crippen LogP contribution in [0, 0.1) is 0 Å². The van der Waals surface area contributed by atoms with E-state index in [0.717, 1.165) is 24.3 Å². The molecule has 0 spiro atoms. The molecule has 0 aliphatic carbocycles. The number of alkyl halides is 3. The number of hydrogen-bond donors (Lipinski definition) is 1. The van der Waals surface area contributed by atoms with Crippen molar-refractivity contribution in [2.45, 2.75) is 15.3 Å². The molecule has 3 rings (SSSR count). The van der Waals surface area contributed by atoms with Gasteiger partial charge in [0.05, 0.1) is 11.1 Å². The predicted molar refractivity (Wildman–Crippen MR) is 90.5 cm³/mol. The standard InChI is InChI=1S/C15H11F3N4O2S2/c16-15(17,18)25-11-4-6-12(7-5-11)26(23,24)21-14-8-10-20-22(14)13-3-1-2-9-19-13/h1-10,21H. The molecular weight excluding hydrogens is 389 g/mol. The fraction of sp³-hybridized carbons (Fsp3) is 0.0667. The van der Waals surface area contributed by atoms with E-state index < -0.39 is 15.5 Å². The largest absolute Gasteiger partial charge is 0.446 e. The molecule has 0 saturated carbocycles. The summed E-state index contributed by atoms with van der Waals surface area (Å²) in [4.78, 5) is 3.82. The number of sulfonamides is 1. The molecule has 2 heterocycles. The maximum Gasteiger partial charge on any atom is 0.446 e. The van der Waals surface area contributed by atoms with Crippen molar-refractivity contribution in [2.24, 2.45) is 0 Å². The minimum atomic E-state index is -4.44. The first-order chi connectivity index (χ1) is 12.2. The first-order valence-corrected chi connectivity index (χ1v) is 9.39. The number of hydrogen-bond acceptors (Lipinski definition) is 5. The highest BCUT2D eigenvalue weighted by Gasteiger charge is 2.29. The third kappa shape index (κ3) is 4.35. The van der Waals surface area contributed by atoms with Crippen molar-refractivity contribution in [1.82, 2.24) is 14.8 Å². The topological polar surface area (TPSA) is 76.9 Å². The summed E-state index contributed by atoms with van der Waals surface area (Å²) in [7, 11) is -4.00. The molecule has 0 unspecified atom stereocenters. The van der Waals surface area contributed by atoms with E-state index in [1.807, 2.05) is 0 Å². The van der Waals surface area contributed by atoms with Gasteiger partial charge in [-0.2, -0.15) is 23.0 Å². The van der Waals surface area contributed by atoms with Crippen LogP contribution in [0.2, 0.25) is 0 Å². The van der Waals surface area contributed by atoms with Crippen LogP contribution in [-0.4, -0.2) is 28.7 Å². The van der Waals surface area contributed by atoms with Gasteiger partial charge in [0.2, 0.25) is 0 Å². The van der Waals surface area contributed by atoms with Gasteiger partial charge in [-0.25, -0.2) is 13.4 Å². The molecule has 0 atom stereocenters. The Morgan fingerprint density at radius 3 is 2.35 bits per heavy atom. The van der Waals surface area contributed by atoms with Crippen LogP contribution in [-0.2, 0) is 10.0 Å². The molecule has 0 amide bonds. The number of rotatable bonds is 5. The lowest BCUT2D eigenvalue weighted by atomic mass is 10.4. The molecule has 0 fully saturated rings.